The second-order valence-corrected chi connectivity index (χ2v) is 3.24. The average molecular weight is 191 g/mol. The number of amides is 1. The minimum absolute atomic E-state index is 0.00648. The van der Waals surface area contributed by atoms with E-state index in [-0.39, 0.29) is 11.9 Å². The summed E-state index contributed by atoms with van der Waals surface area (Å²) in [6.07, 6.45) is 0. The molecule has 1 heterocycles. The van der Waals surface area contributed by atoms with Crippen molar-refractivity contribution in [2.45, 2.75) is 6.04 Å². The number of fused-ring (bicyclic) bond motifs is 1. The van der Waals surface area contributed by atoms with Crippen LogP contribution in [0.2, 0.25) is 0 Å². The van der Waals surface area contributed by atoms with Crippen molar-refractivity contribution in [2.24, 2.45) is 0 Å². The maximum atomic E-state index is 11.4. The molecule has 74 valence electrons. The van der Waals surface area contributed by atoms with Crippen LogP contribution in [0.4, 0.5) is 11.4 Å². The second-order valence-electron chi connectivity index (χ2n) is 3.24. The van der Waals surface area contributed by atoms with Crippen LogP contribution >= 0.6 is 0 Å². The fraction of sp³-hybridized carbons (Fsp3) is 0.300. The summed E-state index contributed by atoms with van der Waals surface area (Å²) < 4.78 is 0. The zero-order valence-corrected chi connectivity index (χ0v) is 8.00. The molecular weight excluding hydrogens is 178 g/mol. The van der Waals surface area contributed by atoms with Gasteiger partial charge in [0.15, 0.2) is 0 Å². The summed E-state index contributed by atoms with van der Waals surface area (Å²) >= 11 is 0. The topological polar surface area (TPSA) is 53.2 Å². The van der Waals surface area contributed by atoms with Gasteiger partial charge in [0.05, 0.1) is 11.4 Å². The predicted molar refractivity (Wildman–Crippen MR) is 56.4 cm³/mol. The third kappa shape index (κ3) is 1.51. The van der Waals surface area contributed by atoms with Gasteiger partial charge in [-0.15, -0.1) is 0 Å². The molecule has 0 aliphatic carbocycles. The van der Waals surface area contributed by atoms with Gasteiger partial charge in [-0.05, 0) is 12.1 Å². The highest BCUT2D eigenvalue weighted by Crippen LogP contribution is 2.24. The quantitative estimate of drug-likeness (QED) is 0.610. The van der Waals surface area contributed by atoms with Crippen LogP contribution in [0.1, 0.15) is 0 Å². The molecule has 0 unspecified atom stereocenters. The van der Waals surface area contributed by atoms with Gasteiger partial charge in [-0.2, -0.15) is 0 Å². The highest BCUT2D eigenvalue weighted by molar-refractivity contribution is 5.88. The van der Waals surface area contributed by atoms with E-state index in [1.54, 1.807) is 7.05 Å². The zero-order chi connectivity index (χ0) is 9.97. The summed E-state index contributed by atoms with van der Waals surface area (Å²) in [5.41, 5.74) is 2.03. The largest absolute Gasteiger partial charge is 0.381 e. The van der Waals surface area contributed by atoms with Gasteiger partial charge in [-0.3, -0.25) is 4.79 Å². The van der Waals surface area contributed by atoms with E-state index in [0.29, 0.717) is 6.54 Å². The first-order chi connectivity index (χ1) is 6.81. The number of hydrogen-bond acceptors (Lipinski definition) is 3. The van der Waals surface area contributed by atoms with E-state index >= 15 is 0 Å². The first-order valence-electron chi connectivity index (χ1n) is 4.62. The molecule has 3 N–H and O–H groups in total. The minimum Gasteiger partial charge on any atom is -0.381 e. The van der Waals surface area contributed by atoms with Crippen LogP contribution in [0.5, 0.6) is 0 Å². The Labute approximate surface area is 82.7 Å². The van der Waals surface area contributed by atoms with Crippen LogP contribution in [-0.4, -0.2) is 25.5 Å². The Bertz CT molecular complexity index is 351. The Hall–Kier alpha value is -1.71. The van der Waals surface area contributed by atoms with Crippen molar-refractivity contribution in [3.05, 3.63) is 24.3 Å². The Morgan fingerprint density at radius 2 is 2.14 bits per heavy atom. The maximum absolute atomic E-state index is 11.4. The lowest BCUT2D eigenvalue weighted by Gasteiger charge is -2.26. The minimum atomic E-state index is -0.185. The number of benzene rings is 1. The zero-order valence-electron chi connectivity index (χ0n) is 8.00. The normalized spacial score (nSPS) is 18.8. The molecule has 2 rings (SSSR count). The van der Waals surface area contributed by atoms with Crippen LogP contribution < -0.4 is 16.0 Å². The lowest BCUT2D eigenvalue weighted by atomic mass is 10.1. The highest BCUT2D eigenvalue weighted by Gasteiger charge is 2.21. The van der Waals surface area contributed by atoms with Crippen molar-refractivity contribution in [1.29, 1.82) is 0 Å². The number of nitrogens with one attached hydrogen (secondary N) is 3. The second kappa shape index (κ2) is 3.57. The third-order valence-corrected chi connectivity index (χ3v) is 2.32. The van der Waals surface area contributed by atoms with Crippen LogP contribution in [0, 0.1) is 0 Å². The first kappa shape index (κ1) is 8.87. The Kier molecular flexibility index (Phi) is 2.26. The van der Waals surface area contributed by atoms with E-state index in [1.807, 2.05) is 24.3 Å². The fourth-order valence-corrected chi connectivity index (χ4v) is 1.55. The van der Waals surface area contributed by atoms with Gasteiger partial charge in [0.25, 0.3) is 0 Å². The monoisotopic (exact) mass is 191 g/mol. The van der Waals surface area contributed by atoms with Crippen molar-refractivity contribution in [3.63, 3.8) is 0 Å². The van der Waals surface area contributed by atoms with Crippen molar-refractivity contribution in [1.82, 2.24) is 5.32 Å². The number of carbonyl (C=O) groups excluding carboxylic acids is 1. The van der Waals surface area contributed by atoms with Crippen molar-refractivity contribution in [2.75, 3.05) is 24.2 Å². The Morgan fingerprint density at radius 3 is 2.86 bits per heavy atom. The number of para-hydroxylation sites is 2. The molecule has 14 heavy (non-hydrogen) atoms. The molecular formula is C10H13N3O. The summed E-state index contributed by atoms with van der Waals surface area (Å²) in [5, 5.41) is 9.00. The molecule has 1 aromatic rings. The van der Waals surface area contributed by atoms with E-state index < -0.39 is 0 Å². The van der Waals surface area contributed by atoms with Crippen molar-refractivity contribution >= 4 is 17.3 Å². The number of carbonyl (C=O) groups is 1. The van der Waals surface area contributed by atoms with Gasteiger partial charge in [-0.1, -0.05) is 12.1 Å². The Balaban J connectivity index is 2.17. The number of rotatable bonds is 1. The summed E-state index contributed by atoms with van der Waals surface area (Å²) in [4.78, 5) is 11.4. The molecule has 1 atom stereocenters. The van der Waals surface area contributed by atoms with Gasteiger partial charge < -0.3 is 16.0 Å². The molecule has 0 fully saturated rings. The summed E-state index contributed by atoms with van der Waals surface area (Å²) in [6.45, 7) is 0.622. The van der Waals surface area contributed by atoms with Gasteiger partial charge in [0, 0.05) is 13.6 Å². The van der Waals surface area contributed by atoms with E-state index in [0.717, 1.165) is 11.4 Å². The fourth-order valence-electron chi connectivity index (χ4n) is 1.55. The summed E-state index contributed by atoms with van der Waals surface area (Å²) in [6, 6.07) is 7.67. The molecule has 4 nitrogen and oxygen atoms in total. The maximum Gasteiger partial charge on any atom is 0.244 e. The third-order valence-electron chi connectivity index (χ3n) is 2.32. The smallest absolute Gasteiger partial charge is 0.244 e. The lowest BCUT2D eigenvalue weighted by Crippen LogP contribution is -2.44. The summed E-state index contributed by atoms with van der Waals surface area (Å²) in [5.74, 6) is 0.00648. The summed E-state index contributed by atoms with van der Waals surface area (Å²) in [7, 11) is 1.64. The van der Waals surface area contributed by atoms with E-state index in [4.69, 9.17) is 0 Å². The lowest BCUT2D eigenvalue weighted by molar-refractivity contribution is -0.121. The van der Waals surface area contributed by atoms with Crippen molar-refractivity contribution < 1.29 is 4.79 Å². The molecule has 1 aromatic carbocycles. The highest BCUT2D eigenvalue weighted by atomic mass is 16.2. The Morgan fingerprint density at radius 1 is 1.43 bits per heavy atom. The van der Waals surface area contributed by atoms with Crippen LogP contribution in [0.3, 0.4) is 0 Å². The average Bonchev–Trinajstić information content (AvgIpc) is 2.27. The molecule has 0 spiro atoms. The predicted octanol–water partition coefficient (Wildman–Crippen LogP) is 0.639. The van der Waals surface area contributed by atoms with Crippen LogP contribution in [0.15, 0.2) is 24.3 Å². The van der Waals surface area contributed by atoms with Crippen LogP contribution in [-0.2, 0) is 4.79 Å². The van der Waals surface area contributed by atoms with Gasteiger partial charge in [0.2, 0.25) is 5.91 Å². The molecule has 1 aliphatic rings. The van der Waals surface area contributed by atoms with Gasteiger partial charge in [0.1, 0.15) is 6.04 Å². The molecule has 0 saturated heterocycles. The molecule has 0 aromatic heterocycles. The van der Waals surface area contributed by atoms with E-state index in [1.165, 1.54) is 0 Å². The number of hydrogen-bond donors (Lipinski definition) is 3. The number of likely N-dealkylation sites (N-methyl/N-ethyl adjacent to an activating group) is 1. The molecule has 1 aliphatic heterocycles. The van der Waals surface area contributed by atoms with E-state index in [9.17, 15) is 4.79 Å². The number of anilines is 2. The molecule has 4 heteroatoms. The van der Waals surface area contributed by atoms with Gasteiger partial charge in [-0.25, -0.2) is 0 Å². The molecule has 0 radical (unpaired) electrons. The SMILES string of the molecule is CNC(=O)[C@@H]1CNc2ccccc2N1. The van der Waals surface area contributed by atoms with Crippen LogP contribution in [0.25, 0.3) is 0 Å². The molecule has 0 saturated carbocycles. The van der Waals surface area contributed by atoms with E-state index in [2.05, 4.69) is 16.0 Å². The molecule has 0 bridgehead atoms. The van der Waals surface area contributed by atoms with Crippen molar-refractivity contribution in [3.8, 4) is 0 Å². The molecule has 1 amide bonds. The van der Waals surface area contributed by atoms with Gasteiger partial charge >= 0.3 is 0 Å². The standard InChI is InChI=1S/C10H13N3O/c1-11-10(14)9-6-12-7-4-2-3-5-8(7)13-9/h2-5,9,12-13H,6H2,1H3,(H,11,14)/t9-/m0/s1. The first-order valence-corrected chi connectivity index (χ1v) is 4.62.